The van der Waals surface area contributed by atoms with Crippen molar-refractivity contribution in [3.63, 3.8) is 0 Å². The molecule has 100 valence electrons. The lowest BCUT2D eigenvalue weighted by Gasteiger charge is -1.99. The van der Waals surface area contributed by atoms with Crippen molar-refractivity contribution in [2.75, 3.05) is 5.43 Å². The van der Waals surface area contributed by atoms with E-state index in [2.05, 4.69) is 15.4 Å². The number of aromatic nitrogens is 2. The van der Waals surface area contributed by atoms with Crippen molar-refractivity contribution in [3.05, 3.63) is 46.3 Å². The van der Waals surface area contributed by atoms with Crippen molar-refractivity contribution >= 4 is 35.3 Å². The van der Waals surface area contributed by atoms with Crippen molar-refractivity contribution in [2.24, 2.45) is 5.84 Å². The number of halogens is 2. The number of aldehydes is 1. The zero-order chi connectivity index (χ0) is 14.3. The summed E-state index contributed by atoms with van der Waals surface area (Å²) in [5, 5.41) is 9.51. The highest BCUT2D eigenvalue weighted by atomic mass is 35.5. The molecule has 0 atom stereocenters. The first-order valence-electron chi connectivity index (χ1n) is 4.94. The second-order valence-corrected chi connectivity index (χ2v) is 4.03. The molecule has 0 spiro atoms. The van der Waals surface area contributed by atoms with Crippen LogP contribution in [0.1, 0.15) is 10.4 Å². The number of hydrazine groups is 1. The monoisotopic (exact) mass is 300 g/mol. The fourth-order valence-corrected chi connectivity index (χ4v) is 1.56. The third-order valence-corrected chi connectivity index (χ3v) is 2.42. The molecule has 0 saturated carbocycles. The number of hydrogen-bond donors (Lipinski definition) is 3. The number of anilines is 1. The van der Waals surface area contributed by atoms with Crippen LogP contribution < -0.4 is 11.3 Å². The van der Waals surface area contributed by atoms with Gasteiger partial charge in [-0.15, -0.1) is 0 Å². The molecule has 2 rings (SSSR count). The van der Waals surface area contributed by atoms with Crippen LogP contribution in [0.15, 0.2) is 30.7 Å². The number of benzene rings is 1. The highest BCUT2D eigenvalue weighted by molar-refractivity contribution is 6.36. The summed E-state index contributed by atoms with van der Waals surface area (Å²) < 4.78 is 0. The van der Waals surface area contributed by atoms with E-state index in [0.29, 0.717) is 17.1 Å². The standard InChI is InChI=1S/C7H4Cl2O2.C4H6N4/c8-5-1-4(3-10)7(11)6(9)2-5;5-8-4-1-2-6-3-7-4/h1-3,11H;1-3H,5H2,(H,6,7,8). The molecule has 0 unspecified atom stereocenters. The molecule has 0 fully saturated rings. The van der Waals surface area contributed by atoms with Gasteiger partial charge in [0.05, 0.1) is 10.6 Å². The Labute approximate surface area is 119 Å². The number of hydrogen-bond acceptors (Lipinski definition) is 6. The molecule has 0 aliphatic rings. The molecule has 2 aromatic rings. The molecule has 0 bridgehead atoms. The lowest BCUT2D eigenvalue weighted by Crippen LogP contribution is -2.07. The molecule has 0 aliphatic carbocycles. The Kier molecular flexibility index (Phi) is 6.01. The molecule has 8 heteroatoms. The topological polar surface area (TPSA) is 101 Å². The molecule has 1 aromatic carbocycles. The van der Waals surface area contributed by atoms with E-state index in [1.807, 2.05) is 0 Å². The van der Waals surface area contributed by atoms with Gasteiger partial charge in [-0.05, 0) is 12.1 Å². The number of rotatable bonds is 2. The van der Waals surface area contributed by atoms with Crippen LogP contribution in [-0.4, -0.2) is 21.4 Å². The quantitative estimate of drug-likeness (QED) is 0.447. The minimum atomic E-state index is -0.230. The van der Waals surface area contributed by atoms with Gasteiger partial charge in [0, 0.05) is 17.3 Å². The number of nitrogens with zero attached hydrogens (tertiary/aromatic N) is 2. The van der Waals surface area contributed by atoms with Crippen molar-refractivity contribution < 1.29 is 9.90 Å². The molecule has 6 nitrogen and oxygen atoms in total. The van der Waals surface area contributed by atoms with Gasteiger partial charge in [0.1, 0.15) is 17.9 Å². The molecule has 0 aliphatic heterocycles. The summed E-state index contributed by atoms with van der Waals surface area (Å²) >= 11 is 11.1. The number of carbonyl (C=O) groups is 1. The summed E-state index contributed by atoms with van der Waals surface area (Å²) in [6.07, 6.45) is 3.53. The second kappa shape index (κ2) is 7.52. The van der Waals surface area contributed by atoms with Gasteiger partial charge in [-0.3, -0.25) is 4.79 Å². The summed E-state index contributed by atoms with van der Waals surface area (Å²) in [6, 6.07) is 4.39. The van der Waals surface area contributed by atoms with E-state index < -0.39 is 0 Å². The molecule has 19 heavy (non-hydrogen) atoms. The maximum atomic E-state index is 10.3. The smallest absolute Gasteiger partial charge is 0.153 e. The van der Waals surface area contributed by atoms with Crippen LogP contribution in [0.5, 0.6) is 5.75 Å². The Morgan fingerprint density at radius 3 is 2.58 bits per heavy atom. The van der Waals surface area contributed by atoms with E-state index in [-0.39, 0.29) is 16.3 Å². The molecule has 4 N–H and O–H groups in total. The van der Waals surface area contributed by atoms with Crippen LogP contribution >= 0.6 is 23.2 Å². The fourth-order valence-electron chi connectivity index (χ4n) is 1.05. The molecular formula is C11H10Cl2N4O2. The minimum Gasteiger partial charge on any atom is -0.506 e. The van der Waals surface area contributed by atoms with Crippen LogP contribution in [-0.2, 0) is 0 Å². The average molecular weight is 301 g/mol. The predicted molar refractivity (Wildman–Crippen MR) is 73.4 cm³/mol. The number of carbonyl (C=O) groups excluding carboxylic acids is 1. The minimum absolute atomic E-state index is 0.0830. The van der Waals surface area contributed by atoms with Crippen molar-refractivity contribution in [1.29, 1.82) is 0 Å². The van der Waals surface area contributed by atoms with Gasteiger partial charge in [0.15, 0.2) is 6.29 Å². The Balaban J connectivity index is 0.000000200. The first-order chi connectivity index (χ1) is 9.08. The number of nitrogens with two attached hydrogens (primary N) is 1. The van der Waals surface area contributed by atoms with Gasteiger partial charge >= 0.3 is 0 Å². The van der Waals surface area contributed by atoms with E-state index in [9.17, 15) is 4.79 Å². The molecule has 1 aromatic heterocycles. The molecule has 0 amide bonds. The average Bonchev–Trinajstić information content (AvgIpc) is 2.44. The number of phenolic OH excluding ortho intramolecular Hbond substituents is 1. The van der Waals surface area contributed by atoms with E-state index in [0.717, 1.165) is 0 Å². The molecular weight excluding hydrogens is 291 g/mol. The summed E-state index contributed by atoms with van der Waals surface area (Å²) in [5.74, 6) is 5.40. The Morgan fingerprint density at radius 1 is 1.37 bits per heavy atom. The molecule has 0 saturated heterocycles. The van der Waals surface area contributed by atoms with E-state index in [1.165, 1.54) is 18.5 Å². The van der Waals surface area contributed by atoms with Crippen LogP contribution in [0.3, 0.4) is 0 Å². The summed E-state index contributed by atoms with van der Waals surface area (Å²) in [4.78, 5) is 17.7. The van der Waals surface area contributed by atoms with Gasteiger partial charge in [-0.25, -0.2) is 15.8 Å². The van der Waals surface area contributed by atoms with E-state index >= 15 is 0 Å². The lowest BCUT2D eigenvalue weighted by molar-refractivity contribution is 0.112. The van der Waals surface area contributed by atoms with E-state index in [1.54, 1.807) is 12.3 Å². The number of nitrogens with one attached hydrogen (secondary N) is 1. The van der Waals surface area contributed by atoms with Gasteiger partial charge < -0.3 is 10.5 Å². The summed E-state index contributed by atoms with van der Waals surface area (Å²) in [6.45, 7) is 0. The predicted octanol–water partition coefficient (Wildman–Crippen LogP) is 2.27. The maximum absolute atomic E-state index is 10.3. The van der Waals surface area contributed by atoms with Crippen LogP contribution in [0.25, 0.3) is 0 Å². The highest BCUT2D eigenvalue weighted by Crippen LogP contribution is 2.29. The van der Waals surface area contributed by atoms with Gasteiger partial charge in [-0.1, -0.05) is 23.2 Å². The zero-order valence-electron chi connectivity index (χ0n) is 9.55. The van der Waals surface area contributed by atoms with Gasteiger partial charge in [0.2, 0.25) is 0 Å². The van der Waals surface area contributed by atoms with Gasteiger partial charge in [0.25, 0.3) is 0 Å². The number of nitrogen functional groups attached to an aromatic ring is 1. The molecule has 0 radical (unpaired) electrons. The van der Waals surface area contributed by atoms with Crippen molar-refractivity contribution in [1.82, 2.24) is 9.97 Å². The third-order valence-electron chi connectivity index (χ3n) is 1.91. The van der Waals surface area contributed by atoms with Gasteiger partial charge in [-0.2, -0.15) is 0 Å². The van der Waals surface area contributed by atoms with Crippen molar-refractivity contribution in [2.45, 2.75) is 0 Å². The first kappa shape index (κ1) is 15.2. The van der Waals surface area contributed by atoms with E-state index in [4.69, 9.17) is 34.2 Å². The fraction of sp³-hybridized carbons (Fsp3) is 0. The lowest BCUT2D eigenvalue weighted by atomic mass is 10.2. The van der Waals surface area contributed by atoms with Crippen LogP contribution in [0, 0.1) is 0 Å². The molecule has 1 heterocycles. The number of phenols is 1. The largest absolute Gasteiger partial charge is 0.506 e. The third kappa shape index (κ3) is 4.70. The Morgan fingerprint density at radius 2 is 2.11 bits per heavy atom. The zero-order valence-corrected chi connectivity index (χ0v) is 11.1. The SMILES string of the molecule is NNc1ccncn1.O=Cc1cc(Cl)cc(Cl)c1O. The second-order valence-electron chi connectivity index (χ2n) is 3.18. The summed E-state index contributed by atoms with van der Waals surface area (Å²) in [5.41, 5.74) is 2.48. The van der Waals surface area contributed by atoms with Crippen molar-refractivity contribution in [3.8, 4) is 5.75 Å². The van der Waals surface area contributed by atoms with Crippen LogP contribution in [0.4, 0.5) is 5.82 Å². The maximum Gasteiger partial charge on any atom is 0.153 e. The summed E-state index contributed by atoms with van der Waals surface area (Å²) in [7, 11) is 0. The number of aromatic hydroxyl groups is 1. The Hall–Kier alpha value is -1.89. The highest BCUT2D eigenvalue weighted by Gasteiger charge is 2.05. The van der Waals surface area contributed by atoms with Crippen LogP contribution in [0.2, 0.25) is 10.0 Å². The Bertz CT molecular complexity index is 552. The first-order valence-corrected chi connectivity index (χ1v) is 5.70. The normalized spacial score (nSPS) is 9.21.